The topological polar surface area (TPSA) is 26.0 Å². The minimum atomic E-state index is 0.405. The normalized spacial score (nSPS) is 16.5. The molecule has 98 valence electrons. The van der Waals surface area contributed by atoms with Crippen LogP contribution in [0.2, 0.25) is 0 Å². The van der Waals surface area contributed by atoms with Crippen LogP contribution in [0.4, 0.5) is 0 Å². The maximum absolute atomic E-state index is 6.25. The van der Waals surface area contributed by atoms with Crippen molar-refractivity contribution in [2.45, 2.75) is 79.7 Å². The average molecular weight is 227 g/mol. The molecule has 2 N–H and O–H groups in total. The van der Waals surface area contributed by atoms with E-state index in [-0.39, 0.29) is 0 Å². The molecule has 0 radical (unpaired) electrons. The number of nitrogens with two attached hydrogens (primary N) is 1. The predicted octanol–water partition coefficient (Wildman–Crippen LogP) is 4.60. The number of rotatable bonds is 7. The molecule has 2 unspecified atom stereocenters. The zero-order valence-electron chi connectivity index (χ0n) is 12.3. The van der Waals surface area contributed by atoms with Crippen LogP contribution in [0, 0.1) is 17.3 Å². The molecule has 0 fully saturated rings. The zero-order valence-corrected chi connectivity index (χ0v) is 12.3. The third-order valence-electron chi connectivity index (χ3n) is 3.46. The molecule has 0 saturated carbocycles. The Hall–Kier alpha value is -0.0400. The van der Waals surface area contributed by atoms with E-state index < -0.39 is 0 Å². The van der Waals surface area contributed by atoms with E-state index in [2.05, 4.69) is 41.5 Å². The Morgan fingerprint density at radius 3 is 1.88 bits per heavy atom. The Balaban J connectivity index is 3.90. The summed E-state index contributed by atoms with van der Waals surface area (Å²) >= 11 is 0. The summed E-state index contributed by atoms with van der Waals surface area (Å²) in [6.45, 7) is 13.8. The lowest BCUT2D eigenvalue weighted by Gasteiger charge is -2.26. The summed E-state index contributed by atoms with van der Waals surface area (Å²) in [4.78, 5) is 0. The summed E-state index contributed by atoms with van der Waals surface area (Å²) in [6.07, 6.45) is 6.23. The Kier molecular flexibility index (Phi) is 7.30. The van der Waals surface area contributed by atoms with Gasteiger partial charge in [0.15, 0.2) is 0 Å². The number of hydrogen-bond donors (Lipinski definition) is 1. The van der Waals surface area contributed by atoms with Crippen molar-refractivity contribution in [1.82, 2.24) is 0 Å². The molecule has 2 atom stereocenters. The molecule has 0 bridgehead atoms. The summed E-state index contributed by atoms with van der Waals surface area (Å²) in [7, 11) is 0. The fourth-order valence-corrected chi connectivity index (χ4v) is 2.79. The summed E-state index contributed by atoms with van der Waals surface area (Å²) < 4.78 is 0. The first-order valence-electron chi connectivity index (χ1n) is 7.04. The summed E-state index contributed by atoms with van der Waals surface area (Å²) in [5.74, 6) is 1.58. The second kappa shape index (κ2) is 7.32. The van der Waals surface area contributed by atoms with Gasteiger partial charge in [0.25, 0.3) is 0 Å². The standard InChI is InChI=1S/C15H33N/c1-7-13(8-2)10-14(16)9-12(3)11-15(4,5)6/h12-14H,7-11,16H2,1-6H3. The van der Waals surface area contributed by atoms with Gasteiger partial charge in [0.2, 0.25) is 0 Å². The van der Waals surface area contributed by atoms with Gasteiger partial charge in [-0.2, -0.15) is 0 Å². The lowest BCUT2D eigenvalue weighted by molar-refractivity contribution is 0.272. The maximum Gasteiger partial charge on any atom is 0.00440 e. The maximum atomic E-state index is 6.25. The molecular formula is C15H33N. The molecule has 0 aliphatic heterocycles. The molecule has 1 heteroatoms. The highest BCUT2D eigenvalue weighted by molar-refractivity contribution is 4.73. The van der Waals surface area contributed by atoms with Crippen molar-refractivity contribution in [3.05, 3.63) is 0 Å². The van der Waals surface area contributed by atoms with Crippen LogP contribution in [0.3, 0.4) is 0 Å². The third-order valence-corrected chi connectivity index (χ3v) is 3.46. The van der Waals surface area contributed by atoms with E-state index in [1.54, 1.807) is 0 Å². The van der Waals surface area contributed by atoms with Gasteiger partial charge in [0.05, 0.1) is 0 Å². The first-order valence-corrected chi connectivity index (χ1v) is 7.04. The average Bonchev–Trinajstić information content (AvgIpc) is 2.10. The van der Waals surface area contributed by atoms with Crippen LogP contribution >= 0.6 is 0 Å². The van der Waals surface area contributed by atoms with Gasteiger partial charge in [0.1, 0.15) is 0 Å². The highest BCUT2D eigenvalue weighted by atomic mass is 14.6. The van der Waals surface area contributed by atoms with Gasteiger partial charge in [0, 0.05) is 6.04 Å². The first-order chi connectivity index (χ1) is 7.28. The van der Waals surface area contributed by atoms with Crippen LogP contribution in [0.1, 0.15) is 73.6 Å². The summed E-state index contributed by atoms with van der Waals surface area (Å²) in [6, 6.07) is 0.405. The van der Waals surface area contributed by atoms with Crippen LogP contribution in [0.25, 0.3) is 0 Å². The van der Waals surface area contributed by atoms with Crippen molar-refractivity contribution in [3.63, 3.8) is 0 Å². The third kappa shape index (κ3) is 8.15. The summed E-state index contributed by atoms with van der Waals surface area (Å²) in [5.41, 5.74) is 6.68. The van der Waals surface area contributed by atoms with Gasteiger partial charge in [-0.15, -0.1) is 0 Å². The Labute approximate surface area is 103 Å². The molecular weight excluding hydrogens is 194 g/mol. The Morgan fingerprint density at radius 2 is 1.50 bits per heavy atom. The van der Waals surface area contributed by atoms with E-state index in [9.17, 15) is 0 Å². The van der Waals surface area contributed by atoms with Crippen molar-refractivity contribution in [3.8, 4) is 0 Å². The van der Waals surface area contributed by atoms with Crippen molar-refractivity contribution in [2.24, 2.45) is 23.0 Å². The van der Waals surface area contributed by atoms with Gasteiger partial charge in [-0.1, -0.05) is 54.4 Å². The fourth-order valence-electron chi connectivity index (χ4n) is 2.79. The highest BCUT2D eigenvalue weighted by Crippen LogP contribution is 2.27. The number of hydrogen-bond acceptors (Lipinski definition) is 1. The molecule has 0 rings (SSSR count). The molecule has 0 aromatic carbocycles. The molecule has 0 aliphatic carbocycles. The Morgan fingerprint density at radius 1 is 1.00 bits per heavy atom. The molecule has 16 heavy (non-hydrogen) atoms. The van der Waals surface area contributed by atoms with Gasteiger partial charge in [-0.25, -0.2) is 0 Å². The van der Waals surface area contributed by atoms with E-state index in [1.165, 1.54) is 32.1 Å². The fraction of sp³-hybridized carbons (Fsp3) is 1.00. The highest BCUT2D eigenvalue weighted by Gasteiger charge is 2.18. The minimum Gasteiger partial charge on any atom is -0.328 e. The zero-order chi connectivity index (χ0) is 12.8. The molecule has 0 aromatic heterocycles. The molecule has 0 saturated heterocycles. The predicted molar refractivity (Wildman–Crippen MR) is 74.5 cm³/mol. The van der Waals surface area contributed by atoms with Crippen LogP contribution in [-0.2, 0) is 0 Å². The van der Waals surface area contributed by atoms with E-state index in [0.29, 0.717) is 11.5 Å². The molecule has 0 heterocycles. The molecule has 0 amide bonds. The second-order valence-corrected chi connectivity index (χ2v) is 6.78. The first kappa shape index (κ1) is 16.0. The van der Waals surface area contributed by atoms with Crippen molar-refractivity contribution < 1.29 is 0 Å². The molecule has 1 nitrogen and oxygen atoms in total. The van der Waals surface area contributed by atoms with E-state index >= 15 is 0 Å². The van der Waals surface area contributed by atoms with Crippen molar-refractivity contribution in [2.75, 3.05) is 0 Å². The Bertz CT molecular complexity index is 165. The SMILES string of the molecule is CCC(CC)CC(N)CC(C)CC(C)(C)C. The van der Waals surface area contributed by atoms with E-state index in [4.69, 9.17) is 5.73 Å². The lowest BCUT2D eigenvalue weighted by atomic mass is 9.81. The van der Waals surface area contributed by atoms with Gasteiger partial charge < -0.3 is 5.73 Å². The van der Waals surface area contributed by atoms with Gasteiger partial charge in [-0.3, -0.25) is 0 Å². The second-order valence-electron chi connectivity index (χ2n) is 6.78. The van der Waals surface area contributed by atoms with Gasteiger partial charge in [-0.05, 0) is 36.5 Å². The molecule has 0 aromatic rings. The largest absolute Gasteiger partial charge is 0.328 e. The molecule has 0 aliphatic rings. The molecule has 0 spiro atoms. The van der Waals surface area contributed by atoms with Crippen molar-refractivity contribution in [1.29, 1.82) is 0 Å². The monoisotopic (exact) mass is 227 g/mol. The van der Waals surface area contributed by atoms with Crippen LogP contribution in [0.15, 0.2) is 0 Å². The van der Waals surface area contributed by atoms with Gasteiger partial charge >= 0.3 is 0 Å². The quantitative estimate of drug-likeness (QED) is 0.675. The van der Waals surface area contributed by atoms with Crippen LogP contribution < -0.4 is 5.73 Å². The smallest absolute Gasteiger partial charge is 0.00440 e. The van der Waals surface area contributed by atoms with Crippen LogP contribution in [0.5, 0.6) is 0 Å². The minimum absolute atomic E-state index is 0.405. The van der Waals surface area contributed by atoms with Crippen molar-refractivity contribution >= 4 is 0 Å². The summed E-state index contributed by atoms with van der Waals surface area (Å²) in [5, 5.41) is 0. The lowest BCUT2D eigenvalue weighted by Crippen LogP contribution is -2.27. The van der Waals surface area contributed by atoms with E-state index in [0.717, 1.165) is 11.8 Å². The van der Waals surface area contributed by atoms with Crippen LogP contribution in [-0.4, -0.2) is 6.04 Å². The van der Waals surface area contributed by atoms with E-state index in [1.807, 2.05) is 0 Å².